The molecule has 1 atom stereocenters. The largest absolute Gasteiger partial charge is 0.444 e. The van der Waals surface area contributed by atoms with E-state index < -0.39 is 29.4 Å². The van der Waals surface area contributed by atoms with Gasteiger partial charge in [0.05, 0.1) is 0 Å². The number of nitrogens with one attached hydrogen (secondary N) is 2. The molecule has 2 aromatic carbocycles. The summed E-state index contributed by atoms with van der Waals surface area (Å²) in [6.07, 6.45) is 5.87. The molecule has 2 heterocycles. The minimum atomic E-state index is -0.960. The highest BCUT2D eigenvalue weighted by molar-refractivity contribution is 6.01. The standard InChI is InChI=1S/C35H40N6O6/c1-35(2,3)46-33(44)38-21-23-6-10-27(11-7-23)32(43)41(28-14-12-26(13-15-28)31-39-34(45)47-40-31)29(30(36)42)20-22-4-8-24(9-5-22)25-16-18-37-19-17-25/h4-5,8-9,12-19,23,27,29H,6-7,10-11,20-21H2,1-3H3,(H2,36,42)(H,38,44)(H,39,40,45)/t23?,27?,29-/m0/s1. The van der Waals surface area contributed by atoms with Gasteiger partial charge in [0, 0.05) is 42.5 Å². The SMILES string of the molecule is CC(C)(C)OC(=O)NCC1CCC(C(=O)N(c2ccc(-c3noc(=O)[nH]3)cc2)[C@@H](Cc2ccc(-c3ccncc3)cc2)C(N)=O)CC1. The third-order valence-electron chi connectivity index (χ3n) is 8.26. The number of hydrogen-bond donors (Lipinski definition) is 3. The molecule has 5 rings (SSSR count). The van der Waals surface area contributed by atoms with Crippen LogP contribution in [-0.2, 0) is 20.7 Å². The van der Waals surface area contributed by atoms with E-state index in [1.807, 2.05) is 57.2 Å². The fraction of sp³-hybridized carbons (Fsp3) is 0.371. The van der Waals surface area contributed by atoms with Gasteiger partial charge in [-0.3, -0.25) is 29.0 Å². The Labute approximate surface area is 272 Å². The van der Waals surface area contributed by atoms with Crippen molar-refractivity contribution < 1.29 is 23.6 Å². The monoisotopic (exact) mass is 640 g/mol. The van der Waals surface area contributed by atoms with Gasteiger partial charge >= 0.3 is 11.8 Å². The highest BCUT2D eigenvalue weighted by Crippen LogP contribution is 2.33. The lowest BCUT2D eigenvalue weighted by atomic mass is 9.81. The third kappa shape index (κ3) is 8.72. The number of alkyl carbamates (subject to hydrolysis) is 1. The van der Waals surface area contributed by atoms with E-state index in [0.717, 1.165) is 29.5 Å². The van der Waals surface area contributed by atoms with E-state index in [1.165, 1.54) is 4.90 Å². The lowest BCUT2D eigenvalue weighted by Crippen LogP contribution is -2.52. The number of rotatable bonds is 10. The molecule has 0 aliphatic heterocycles. The Balaban J connectivity index is 1.35. The molecule has 2 aromatic heterocycles. The van der Waals surface area contributed by atoms with Crippen LogP contribution in [-0.4, -0.2) is 51.2 Å². The molecule has 0 radical (unpaired) electrons. The minimum absolute atomic E-state index is 0.191. The first kappa shape index (κ1) is 33.1. The molecule has 1 aliphatic rings. The van der Waals surface area contributed by atoms with Gasteiger partial charge in [-0.25, -0.2) is 9.59 Å². The van der Waals surface area contributed by atoms with Crippen molar-refractivity contribution in [3.05, 3.63) is 89.2 Å². The maximum Gasteiger partial charge on any atom is 0.439 e. The average Bonchev–Trinajstić information content (AvgIpc) is 3.50. The summed E-state index contributed by atoms with van der Waals surface area (Å²) in [5.41, 5.74) is 9.36. The van der Waals surface area contributed by atoms with Gasteiger partial charge in [-0.1, -0.05) is 29.4 Å². The van der Waals surface area contributed by atoms with Crippen molar-refractivity contribution in [3.63, 3.8) is 0 Å². The van der Waals surface area contributed by atoms with E-state index >= 15 is 0 Å². The lowest BCUT2D eigenvalue weighted by Gasteiger charge is -2.36. The van der Waals surface area contributed by atoms with Crippen LogP contribution in [0.25, 0.3) is 22.5 Å². The lowest BCUT2D eigenvalue weighted by molar-refractivity contribution is -0.127. The fourth-order valence-electron chi connectivity index (χ4n) is 5.87. The number of carbonyl (C=O) groups is 3. The first-order chi connectivity index (χ1) is 22.5. The topological polar surface area (TPSA) is 174 Å². The molecule has 47 heavy (non-hydrogen) atoms. The summed E-state index contributed by atoms with van der Waals surface area (Å²) in [5, 5.41) is 6.57. The van der Waals surface area contributed by atoms with Crippen molar-refractivity contribution in [2.45, 2.75) is 64.5 Å². The number of primary amides is 1. The Morgan fingerprint density at radius 2 is 1.57 bits per heavy atom. The van der Waals surface area contributed by atoms with E-state index in [1.54, 1.807) is 36.7 Å². The van der Waals surface area contributed by atoms with Gasteiger partial charge in [0.2, 0.25) is 11.8 Å². The molecule has 4 N–H and O–H groups in total. The molecule has 1 fully saturated rings. The Bertz CT molecular complexity index is 1720. The van der Waals surface area contributed by atoms with Crippen molar-refractivity contribution in [1.82, 2.24) is 20.4 Å². The minimum Gasteiger partial charge on any atom is -0.444 e. The van der Waals surface area contributed by atoms with Gasteiger partial charge < -0.3 is 15.8 Å². The summed E-state index contributed by atoms with van der Waals surface area (Å²) in [4.78, 5) is 59.1. The van der Waals surface area contributed by atoms with Gasteiger partial charge in [-0.05, 0) is 105 Å². The van der Waals surface area contributed by atoms with E-state index in [2.05, 4.69) is 25.0 Å². The van der Waals surface area contributed by atoms with Crippen LogP contribution in [0, 0.1) is 11.8 Å². The van der Waals surface area contributed by atoms with E-state index in [9.17, 15) is 19.2 Å². The van der Waals surface area contributed by atoms with Crippen LogP contribution in [0.5, 0.6) is 0 Å². The first-order valence-corrected chi connectivity index (χ1v) is 15.7. The number of ether oxygens (including phenoxy) is 1. The quantitative estimate of drug-likeness (QED) is 0.221. The number of pyridine rings is 1. The van der Waals surface area contributed by atoms with Gasteiger partial charge in [0.25, 0.3) is 0 Å². The second-order valence-electron chi connectivity index (χ2n) is 12.9. The van der Waals surface area contributed by atoms with Crippen LogP contribution in [0.1, 0.15) is 52.0 Å². The number of hydrogen-bond acceptors (Lipinski definition) is 8. The number of amides is 3. The molecule has 0 bridgehead atoms. The van der Waals surface area contributed by atoms with Crippen molar-refractivity contribution in [1.29, 1.82) is 0 Å². The van der Waals surface area contributed by atoms with Gasteiger partial charge in [0.1, 0.15) is 11.6 Å². The fourth-order valence-corrected chi connectivity index (χ4v) is 5.87. The number of nitrogens with zero attached hydrogens (tertiary/aromatic N) is 3. The average molecular weight is 641 g/mol. The van der Waals surface area contributed by atoms with Crippen LogP contribution >= 0.6 is 0 Å². The summed E-state index contributed by atoms with van der Waals surface area (Å²) in [6, 6.07) is 17.5. The molecule has 1 saturated carbocycles. The second-order valence-corrected chi connectivity index (χ2v) is 12.9. The smallest absolute Gasteiger partial charge is 0.439 e. The normalized spacial score (nSPS) is 17.0. The van der Waals surface area contributed by atoms with Crippen molar-refractivity contribution in [2.75, 3.05) is 11.4 Å². The molecule has 12 nitrogen and oxygen atoms in total. The molecule has 4 aromatic rings. The van der Waals surface area contributed by atoms with E-state index in [-0.39, 0.29) is 30.0 Å². The highest BCUT2D eigenvalue weighted by atomic mass is 16.6. The number of H-pyrrole nitrogens is 1. The molecule has 0 unspecified atom stereocenters. The van der Waals surface area contributed by atoms with Crippen LogP contribution in [0.4, 0.5) is 10.5 Å². The van der Waals surface area contributed by atoms with Crippen molar-refractivity contribution in [3.8, 4) is 22.5 Å². The Kier molecular flexibility index (Phi) is 10.2. The second kappa shape index (κ2) is 14.4. The molecule has 246 valence electrons. The van der Waals surface area contributed by atoms with Crippen molar-refractivity contribution >= 4 is 23.6 Å². The Hall–Kier alpha value is -5.26. The number of aromatic amines is 1. The predicted molar refractivity (Wildman–Crippen MR) is 176 cm³/mol. The molecular formula is C35H40N6O6. The molecule has 1 aliphatic carbocycles. The number of nitrogens with two attached hydrogens (primary N) is 1. The zero-order valence-corrected chi connectivity index (χ0v) is 26.8. The van der Waals surface area contributed by atoms with Crippen molar-refractivity contribution in [2.24, 2.45) is 17.6 Å². The summed E-state index contributed by atoms with van der Waals surface area (Å²) in [6.45, 7) is 5.91. The molecule has 12 heteroatoms. The summed E-state index contributed by atoms with van der Waals surface area (Å²) < 4.78 is 9.98. The number of benzene rings is 2. The first-order valence-electron chi connectivity index (χ1n) is 15.7. The number of anilines is 1. The van der Waals surface area contributed by atoms with Crippen LogP contribution in [0.2, 0.25) is 0 Å². The van der Waals surface area contributed by atoms with Gasteiger partial charge in [0.15, 0.2) is 5.82 Å². The summed E-state index contributed by atoms with van der Waals surface area (Å²) in [7, 11) is 0. The molecular weight excluding hydrogens is 600 g/mol. The van der Waals surface area contributed by atoms with E-state index in [4.69, 9.17) is 10.5 Å². The maximum atomic E-state index is 14.3. The van der Waals surface area contributed by atoms with Gasteiger partial charge in [-0.15, -0.1) is 0 Å². The maximum absolute atomic E-state index is 14.3. The third-order valence-corrected chi connectivity index (χ3v) is 8.26. The number of aromatic nitrogens is 3. The summed E-state index contributed by atoms with van der Waals surface area (Å²) in [5.74, 6) is -1.38. The zero-order chi connectivity index (χ0) is 33.6. The van der Waals surface area contributed by atoms with Crippen LogP contribution in [0.3, 0.4) is 0 Å². The molecule has 3 amide bonds. The zero-order valence-electron chi connectivity index (χ0n) is 26.8. The van der Waals surface area contributed by atoms with Crippen LogP contribution in [0.15, 0.2) is 82.4 Å². The molecule has 0 spiro atoms. The van der Waals surface area contributed by atoms with Gasteiger partial charge in [-0.2, -0.15) is 0 Å². The predicted octanol–water partition coefficient (Wildman–Crippen LogP) is 4.85. The Morgan fingerprint density at radius 3 is 2.15 bits per heavy atom. The number of carbonyl (C=O) groups excluding carboxylic acids is 3. The Morgan fingerprint density at radius 1 is 0.957 bits per heavy atom. The molecule has 0 saturated heterocycles. The van der Waals surface area contributed by atoms with E-state index in [0.29, 0.717) is 30.6 Å². The highest BCUT2D eigenvalue weighted by Gasteiger charge is 2.36. The van der Waals surface area contributed by atoms with Crippen LogP contribution < -0.4 is 21.7 Å². The summed E-state index contributed by atoms with van der Waals surface area (Å²) >= 11 is 0.